The summed E-state index contributed by atoms with van der Waals surface area (Å²) in [7, 11) is 1.61. The summed E-state index contributed by atoms with van der Waals surface area (Å²) in [5, 5.41) is 0. The van der Waals surface area contributed by atoms with Gasteiger partial charge in [0.15, 0.2) is 17.3 Å². The molecule has 0 saturated heterocycles. The van der Waals surface area contributed by atoms with E-state index in [0.29, 0.717) is 23.7 Å². The first-order valence-electron chi connectivity index (χ1n) is 7.14. The summed E-state index contributed by atoms with van der Waals surface area (Å²) in [5.74, 6) is 1.40. The molecule has 114 valence electrons. The average molecular weight is 296 g/mol. The van der Waals surface area contributed by atoms with Crippen molar-refractivity contribution >= 4 is 11.9 Å². The van der Waals surface area contributed by atoms with Crippen molar-refractivity contribution in [2.24, 2.45) is 0 Å². The molecular formula is C19H20O3. The van der Waals surface area contributed by atoms with Crippen molar-refractivity contribution < 1.29 is 14.3 Å². The van der Waals surface area contributed by atoms with Crippen molar-refractivity contribution in [1.82, 2.24) is 0 Å². The largest absolute Gasteiger partial charge is 0.493 e. The third-order valence-corrected chi connectivity index (χ3v) is 3.36. The lowest BCUT2D eigenvalue weighted by molar-refractivity contribution is -0.113. The Hall–Kier alpha value is -2.55. The van der Waals surface area contributed by atoms with Crippen LogP contribution in [0.5, 0.6) is 11.5 Å². The maximum absolute atomic E-state index is 11.3. The van der Waals surface area contributed by atoms with Crippen molar-refractivity contribution in [1.29, 1.82) is 0 Å². The highest BCUT2D eigenvalue weighted by molar-refractivity contribution is 5.97. The summed E-state index contributed by atoms with van der Waals surface area (Å²) in [6.45, 7) is 3.83. The Balaban J connectivity index is 2.21. The topological polar surface area (TPSA) is 35.5 Å². The molecule has 0 aromatic heterocycles. The van der Waals surface area contributed by atoms with E-state index in [4.69, 9.17) is 9.47 Å². The van der Waals surface area contributed by atoms with Gasteiger partial charge in [0.1, 0.15) is 6.61 Å². The van der Waals surface area contributed by atoms with Crippen LogP contribution in [-0.2, 0) is 11.4 Å². The van der Waals surface area contributed by atoms with Crippen molar-refractivity contribution in [3.63, 3.8) is 0 Å². The molecule has 0 amide bonds. The first-order chi connectivity index (χ1) is 10.6. The van der Waals surface area contributed by atoms with E-state index in [1.54, 1.807) is 21.0 Å². The van der Waals surface area contributed by atoms with Crippen LogP contribution in [0.15, 0.2) is 54.1 Å². The van der Waals surface area contributed by atoms with Crippen LogP contribution in [-0.4, -0.2) is 12.9 Å². The molecule has 0 bridgehead atoms. The molecule has 0 unspecified atom stereocenters. The Morgan fingerprint density at radius 2 is 1.77 bits per heavy atom. The summed E-state index contributed by atoms with van der Waals surface area (Å²) < 4.78 is 11.2. The number of Topliss-reactive ketones (excluding diaryl/α,β-unsaturated/α-hetero) is 1. The number of ether oxygens (including phenoxy) is 2. The number of carbonyl (C=O) groups is 1. The van der Waals surface area contributed by atoms with E-state index in [1.165, 1.54) is 0 Å². The monoisotopic (exact) mass is 296 g/mol. The molecular weight excluding hydrogens is 276 g/mol. The molecule has 2 aromatic rings. The Labute approximate surface area is 131 Å². The molecule has 22 heavy (non-hydrogen) atoms. The van der Waals surface area contributed by atoms with Gasteiger partial charge in [-0.3, -0.25) is 4.79 Å². The highest BCUT2D eigenvalue weighted by atomic mass is 16.5. The number of methoxy groups -OCH3 is 1. The summed E-state index contributed by atoms with van der Waals surface area (Å²) >= 11 is 0. The molecule has 0 spiro atoms. The highest BCUT2D eigenvalue weighted by Crippen LogP contribution is 2.29. The number of ketones is 1. The molecule has 2 aromatic carbocycles. The van der Waals surface area contributed by atoms with E-state index in [1.807, 2.05) is 54.6 Å². The molecule has 0 aliphatic heterocycles. The van der Waals surface area contributed by atoms with Gasteiger partial charge in [-0.05, 0) is 48.8 Å². The Bertz CT molecular complexity index is 672. The lowest BCUT2D eigenvalue weighted by Crippen LogP contribution is -1.98. The van der Waals surface area contributed by atoms with Gasteiger partial charge >= 0.3 is 0 Å². The molecule has 0 saturated carbocycles. The maximum Gasteiger partial charge on any atom is 0.162 e. The van der Waals surface area contributed by atoms with Gasteiger partial charge in [0, 0.05) is 0 Å². The Kier molecular flexibility index (Phi) is 5.37. The standard InChI is InChI=1S/C19H20O3/c1-14(15(2)20)11-17-9-10-18(21-3)19(12-17)22-13-16-7-5-4-6-8-16/h4-12H,13H2,1-3H3/b14-11-. The molecule has 3 nitrogen and oxygen atoms in total. The minimum Gasteiger partial charge on any atom is -0.493 e. The van der Waals surface area contributed by atoms with Gasteiger partial charge in [-0.25, -0.2) is 0 Å². The summed E-state index contributed by atoms with van der Waals surface area (Å²) in [6.07, 6.45) is 1.84. The highest BCUT2D eigenvalue weighted by Gasteiger charge is 2.06. The number of rotatable bonds is 6. The van der Waals surface area contributed by atoms with Crippen molar-refractivity contribution in [3.05, 3.63) is 65.2 Å². The van der Waals surface area contributed by atoms with E-state index >= 15 is 0 Å². The third-order valence-electron chi connectivity index (χ3n) is 3.36. The predicted molar refractivity (Wildman–Crippen MR) is 88.1 cm³/mol. The lowest BCUT2D eigenvalue weighted by atomic mass is 10.1. The maximum atomic E-state index is 11.3. The fourth-order valence-corrected chi connectivity index (χ4v) is 1.98. The minimum atomic E-state index is 0.0579. The van der Waals surface area contributed by atoms with E-state index in [-0.39, 0.29) is 5.78 Å². The zero-order valence-electron chi connectivity index (χ0n) is 13.1. The SMILES string of the molecule is COc1ccc(/C=C(/C)C(C)=O)cc1OCc1ccccc1. The van der Waals surface area contributed by atoms with Gasteiger partial charge in [-0.2, -0.15) is 0 Å². The van der Waals surface area contributed by atoms with Crippen molar-refractivity contribution in [2.75, 3.05) is 7.11 Å². The van der Waals surface area contributed by atoms with Gasteiger partial charge in [0.2, 0.25) is 0 Å². The predicted octanol–water partition coefficient (Wildman–Crippen LogP) is 4.27. The van der Waals surface area contributed by atoms with Crippen LogP contribution in [0.1, 0.15) is 25.0 Å². The van der Waals surface area contributed by atoms with Crippen molar-refractivity contribution in [3.8, 4) is 11.5 Å². The van der Waals surface area contributed by atoms with Gasteiger partial charge < -0.3 is 9.47 Å². The van der Waals surface area contributed by atoms with Gasteiger partial charge in [-0.1, -0.05) is 36.4 Å². The van der Waals surface area contributed by atoms with E-state index in [9.17, 15) is 4.79 Å². The lowest BCUT2D eigenvalue weighted by Gasteiger charge is -2.11. The van der Waals surface area contributed by atoms with Crippen LogP contribution in [0, 0.1) is 0 Å². The second-order valence-corrected chi connectivity index (χ2v) is 5.07. The fourth-order valence-electron chi connectivity index (χ4n) is 1.98. The quantitative estimate of drug-likeness (QED) is 0.747. The number of benzene rings is 2. The van der Waals surface area contributed by atoms with Crippen LogP contribution in [0.2, 0.25) is 0 Å². The van der Waals surface area contributed by atoms with Gasteiger partial charge in [0.25, 0.3) is 0 Å². The molecule has 0 aliphatic carbocycles. The van der Waals surface area contributed by atoms with Gasteiger partial charge in [-0.15, -0.1) is 0 Å². The molecule has 0 heterocycles. The van der Waals surface area contributed by atoms with Crippen molar-refractivity contribution in [2.45, 2.75) is 20.5 Å². The van der Waals surface area contributed by atoms with E-state index in [2.05, 4.69) is 0 Å². The Morgan fingerprint density at radius 1 is 1.05 bits per heavy atom. The summed E-state index contributed by atoms with van der Waals surface area (Å²) in [4.78, 5) is 11.3. The van der Waals surface area contributed by atoms with Gasteiger partial charge in [0.05, 0.1) is 7.11 Å². The molecule has 0 radical (unpaired) electrons. The van der Waals surface area contributed by atoms with E-state index < -0.39 is 0 Å². The minimum absolute atomic E-state index is 0.0579. The normalized spacial score (nSPS) is 11.1. The zero-order chi connectivity index (χ0) is 15.9. The van der Waals surface area contributed by atoms with Crippen LogP contribution in [0.4, 0.5) is 0 Å². The van der Waals surface area contributed by atoms with Crippen LogP contribution < -0.4 is 9.47 Å². The molecule has 0 N–H and O–H groups in total. The average Bonchev–Trinajstić information content (AvgIpc) is 2.54. The number of allylic oxidation sites excluding steroid dienone is 1. The molecule has 0 aliphatic rings. The second-order valence-electron chi connectivity index (χ2n) is 5.07. The number of carbonyl (C=O) groups excluding carboxylic acids is 1. The van der Waals surface area contributed by atoms with Crippen LogP contribution >= 0.6 is 0 Å². The summed E-state index contributed by atoms with van der Waals surface area (Å²) in [6, 6.07) is 15.6. The first-order valence-corrected chi connectivity index (χ1v) is 7.14. The first kappa shape index (κ1) is 15.8. The smallest absolute Gasteiger partial charge is 0.162 e. The molecule has 0 fully saturated rings. The number of hydrogen-bond donors (Lipinski definition) is 0. The third kappa shape index (κ3) is 4.22. The van der Waals surface area contributed by atoms with Crippen LogP contribution in [0.3, 0.4) is 0 Å². The zero-order valence-corrected chi connectivity index (χ0v) is 13.1. The second kappa shape index (κ2) is 7.46. The molecule has 3 heteroatoms. The van der Waals surface area contributed by atoms with Crippen LogP contribution in [0.25, 0.3) is 6.08 Å². The number of hydrogen-bond acceptors (Lipinski definition) is 3. The Morgan fingerprint density at radius 3 is 2.41 bits per heavy atom. The molecule has 2 rings (SSSR count). The van der Waals surface area contributed by atoms with E-state index in [0.717, 1.165) is 11.1 Å². The molecule has 0 atom stereocenters. The fraction of sp³-hybridized carbons (Fsp3) is 0.211. The summed E-state index contributed by atoms with van der Waals surface area (Å²) in [5.41, 5.74) is 2.71.